The fourth-order valence-electron chi connectivity index (χ4n) is 2.35. The number of rotatable bonds is 4. The molecule has 24 heavy (non-hydrogen) atoms. The normalized spacial score (nSPS) is 10.5. The van der Waals surface area contributed by atoms with E-state index in [1.165, 1.54) is 29.1 Å². The van der Waals surface area contributed by atoms with Crippen molar-refractivity contribution >= 4 is 5.91 Å². The van der Waals surface area contributed by atoms with Gasteiger partial charge in [-0.3, -0.25) is 9.59 Å². The highest BCUT2D eigenvalue weighted by Gasteiger charge is 2.09. The molecular weight excluding hydrogens is 309 g/mol. The molecule has 1 aromatic heterocycles. The Morgan fingerprint density at radius 1 is 1.12 bits per heavy atom. The van der Waals surface area contributed by atoms with Crippen LogP contribution < -0.4 is 11.2 Å². The molecule has 5 nitrogen and oxygen atoms in total. The van der Waals surface area contributed by atoms with Crippen LogP contribution in [0, 0.1) is 5.82 Å². The van der Waals surface area contributed by atoms with Crippen LogP contribution in [0.15, 0.2) is 65.6 Å². The Balaban J connectivity index is 2.03. The van der Waals surface area contributed by atoms with Crippen LogP contribution in [0.5, 0.6) is 0 Å². The molecular formula is C18H14FN3O2. The fraction of sp³-hybridized carbons (Fsp3) is 0.0556. The van der Waals surface area contributed by atoms with Crippen molar-refractivity contribution in [3.8, 4) is 5.69 Å². The lowest BCUT2D eigenvalue weighted by molar-refractivity contribution is 0.1000. The highest BCUT2D eigenvalue weighted by atomic mass is 19.1. The Morgan fingerprint density at radius 2 is 1.88 bits per heavy atom. The summed E-state index contributed by atoms with van der Waals surface area (Å²) < 4.78 is 15.0. The maximum absolute atomic E-state index is 13.7. The molecule has 0 saturated carbocycles. The van der Waals surface area contributed by atoms with Gasteiger partial charge in [-0.2, -0.15) is 5.10 Å². The van der Waals surface area contributed by atoms with Crippen LogP contribution in [0.4, 0.5) is 4.39 Å². The summed E-state index contributed by atoms with van der Waals surface area (Å²) in [5.74, 6) is -1.34. The van der Waals surface area contributed by atoms with Gasteiger partial charge in [-0.15, -0.1) is 0 Å². The Bertz CT molecular complexity index is 952. The first-order valence-electron chi connectivity index (χ1n) is 7.26. The SMILES string of the molecule is NC(=O)c1cc(F)cc(-n2ccc(=O)c(Cc3ccccc3)n2)c1. The minimum atomic E-state index is -0.735. The van der Waals surface area contributed by atoms with Crippen LogP contribution >= 0.6 is 0 Å². The molecule has 2 N–H and O–H groups in total. The average Bonchev–Trinajstić information content (AvgIpc) is 2.57. The lowest BCUT2D eigenvalue weighted by Gasteiger charge is -2.09. The van der Waals surface area contributed by atoms with E-state index in [-0.39, 0.29) is 11.0 Å². The Kier molecular flexibility index (Phi) is 4.20. The second-order valence-corrected chi connectivity index (χ2v) is 5.30. The molecule has 120 valence electrons. The molecule has 0 aliphatic rings. The van der Waals surface area contributed by atoms with Gasteiger partial charge in [0.15, 0.2) is 0 Å². The van der Waals surface area contributed by atoms with Crippen LogP contribution in [-0.2, 0) is 6.42 Å². The van der Waals surface area contributed by atoms with E-state index >= 15 is 0 Å². The Morgan fingerprint density at radius 3 is 2.58 bits per heavy atom. The summed E-state index contributed by atoms with van der Waals surface area (Å²) in [6.07, 6.45) is 1.79. The van der Waals surface area contributed by atoms with E-state index in [9.17, 15) is 14.0 Å². The third kappa shape index (κ3) is 3.38. The van der Waals surface area contributed by atoms with E-state index in [0.29, 0.717) is 17.8 Å². The van der Waals surface area contributed by atoms with Gasteiger partial charge in [0.25, 0.3) is 0 Å². The lowest BCUT2D eigenvalue weighted by atomic mass is 10.1. The second kappa shape index (κ2) is 6.45. The number of hydrogen-bond acceptors (Lipinski definition) is 3. The van der Waals surface area contributed by atoms with E-state index in [1.54, 1.807) is 0 Å². The first-order valence-corrected chi connectivity index (χ1v) is 7.26. The number of halogens is 1. The topological polar surface area (TPSA) is 78.0 Å². The second-order valence-electron chi connectivity index (χ2n) is 5.30. The van der Waals surface area contributed by atoms with Crippen molar-refractivity contribution in [3.05, 3.63) is 93.7 Å². The fourth-order valence-corrected chi connectivity index (χ4v) is 2.35. The van der Waals surface area contributed by atoms with E-state index < -0.39 is 11.7 Å². The molecule has 0 atom stereocenters. The first kappa shape index (κ1) is 15.6. The maximum atomic E-state index is 13.7. The van der Waals surface area contributed by atoms with Gasteiger partial charge in [-0.25, -0.2) is 9.07 Å². The van der Waals surface area contributed by atoms with Gasteiger partial charge in [0.2, 0.25) is 11.3 Å². The third-order valence-corrected chi connectivity index (χ3v) is 3.53. The summed E-state index contributed by atoms with van der Waals surface area (Å²) >= 11 is 0. The molecule has 1 amide bonds. The molecule has 0 aliphatic heterocycles. The largest absolute Gasteiger partial charge is 0.366 e. The summed E-state index contributed by atoms with van der Waals surface area (Å²) in [6.45, 7) is 0. The van der Waals surface area contributed by atoms with Crippen LogP contribution in [-0.4, -0.2) is 15.7 Å². The molecule has 2 aromatic carbocycles. The van der Waals surface area contributed by atoms with Crippen molar-refractivity contribution in [1.82, 2.24) is 9.78 Å². The molecule has 0 aliphatic carbocycles. The average molecular weight is 323 g/mol. The van der Waals surface area contributed by atoms with Crippen molar-refractivity contribution in [2.45, 2.75) is 6.42 Å². The van der Waals surface area contributed by atoms with Gasteiger partial charge in [-0.1, -0.05) is 30.3 Å². The molecule has 3 rings (SSSR count). The van der Waals surface area contributed by atoms with Crippen molar-refractivity contribution < 1.29 is 9.18 Å². The number of nitrogens with zero attached hydrogens (tertiary/aromatic N) is 2. The van der Waals surface area contributed by atoms with E-state index in [0.717, 1.165) is 11.6 Å². The summed E-state index contributed by atoms with van der Waals surface area (Å²) in [6, 6.07) is 14.5. The van der Waals surface area contributed by atoms with E-state index in [2.05, 4.69) is 5.10 Å². The highest BCUT2D eigenvalue weighted by Crippen LogP contribution is 2.13. The number of carbonyl (C=O) groups is 1. The number of nitrogens with two attached hydrogens (primary N) is 1. The lowest BCUT2D eigenvalue weighted by Crippen LogP contribution is -2.17. The number of aromatic nitrogens is 2. The molecule has 0 spiro atoms. The van der Waals surface area contributed by atoms with Crippen LogP contribution in [0.25, 0.3) is 5.69 Å². The molecule has 0 radical (unpaired) electrons. The Labute approximate surface area is 137 Å². The number of hydrogen-bond donors (Lipinski definition) is 1. The highest BCUT2D eigenvalue weighted by molar-refractivity contribution is 5.93. The molecule has 1 heterocycles. The molecule has 0 saturated heterocycles. The zero-order valence-corrected chi connectivity index (χ0v) is 12.6. The minimum Gasteiger partial charge on any atom is -0.366 e. The van der Waals surface area contributed by atoms with Gasteiger partial charge in [0.05, 0.1) is 5.69 Å². The minimum absolute atomic E-state index is 0.0371. The van der Waals surface area contributed by atoms with Crippen molar-refractivity contribution in [2.24, 2.45) is 5.73 Å². The van der Waals surface area contributed by atoms with Gasteiger partial charge >= 0.3 is 0 Å². The predicted molar refractivity (Wildman–Crippen MR) is 87.6 cm³/mol. The molecule has 0 unspecified atom stereocenters. The number of carbonyl (C=O) groups excluding carboxylic acids is 1. The van der Waals surface area contributed by atoms with Crippen LogP contribution in [0.1, 0.15) is 21.6 Å². The van der Waals surface area contributed by atoms with Crippen molar-refractivity contribution in [1.29, 1.82) is 0 Å². The maximum Gasteiger partial charge on any atom is 0.248 e. The molecule has 0 fully saturated rings. The van der Waals surface area contributed by atoms with Crippen molar-refractivity contribution in [3.63, 3.8) is 0 Å². The van der Waals surface area contributed by atoms with Crippen molar-refractivity contribution in [2.75, 3.05) is 0 Å². The summed E-state index contributed by atoms with van der Waals surface area (Å²) in [5.41, 5.74) is 6.62. The van der Waals surface area contributed by atoms with Crippen LogP contribution in [0.2, 0.25) is 0 Å². The number of benzene rings is 2. The smallest absolute Gasteiger partial charge is 0.248 e. The first-order chi connectivity index (χ1) is 11.5. The zero-order chi connectivity index (χ0) is 17.1. The summed E-state index contributed by atoms with van der Waals surface area (Å²) in [4.78, 5) is 23.3. The molecule has 0 bridgehead atoms. The summed E-state index contributed by atoms with van der Waals surface area (Å²) in [5, 5.41) is 4.26. The third-order valence-electron chi connectivity index (χ3n) is 3.53. The van der Waals surface area contributed by atoms with Crippen LogP contribution in [0.3, 0.4) is 0 Å². The Hall–Kier alpha value is -3.28. The predicted octanol–water partition coefficient (Wildman–Crippen LogP) is 2.06. The zero-order valence-electron chi connectivity index (χ0n) is 12.6. The van der Waals surface area contributed by atoms with E-state index in [1.807, 2.05) is 30.3 Å². The molecule has 3 aromatic rings. The molecule has 6 heteroatoms. The standard InChI is InChI=1S/C18H14FN3O2/c19-14-9-13(18(20)24)10-15(11-14)22-7-6-17(23)16(21-22)8-12-4-2-1-3-5-12/h1-7,9-11H,8H2,(H2,20,24). The quantitative estimate of drug-likeness (QED) is 0.798. The number of primary amides is 1. The van der Waals surface area contributed by atoms with Gasteiger partial charge < -0.3 is 5.73 Å². The van der Waals surface area contributed by atoms with Gasteiger partial charge in [0, 0.05) is 24.2 Å². The van der Waals surface area contributed by atoms with Gasteiger partial charge in [0.1, 0.15) is 11.5 Å². The van der Waals surface area contributed by atoms with Gasteiger partial charge in [-0.05, 0) is 23.8 Å². The van der Waals surface area contributed by atoms with E-state index in [4.69, 9.17) is 5.73 Å². The monoisotopic (exact) mass is 323 g/mol. The summed E-state index contributed by atoms with van der Waals surface area (Å²) in [7, 11) is 0. The number of amides is 1.